The lowest BCUT2D eigenvalue weighted by Crippen LogP contribution is -2.48. The van der Waals surface area contributed by atoms with Crippen LogP contribution in [0.2, 0.25) is 0 Å². The van der Waals surface area contributed by atoms with Gasteiger partial charge in [-0.25, -0.2) is 4.39 Å². The van der Waals surface area contributed by atoms with Crippen molar-refractivity contribution in [2.45, 2.75) is 32.8 Å². The minimum Gasteiger partial charge on any atom is -0.405 e. The third-order valence-corrected chi connectivity index (χ3v) is 6.28. The Labute approximate surface area is 195 Å². The van der Waals surface area contributed by atoms with E-state index < -0.39 is 12.2 Å². The second-order valence-electron chi connectivity index (χ2n) is 8.92. The summed E-state index contributed by atoms with van der Waals surface area (Å²) in [5, 5.41) is 0.616. The number of alkyl halides is 3. The molecule has 1 aliphatic heterocycles. The predicted molar refractivity (Wildman–Crippen MR) is 123 cm³/mol. The zero-order chi connectivity index (χ0) is 24.6. The van der Waals surface area contributed by atoms with Crippen molar-refractivity contribution in [3.63, 3.8) is 0 Å². The molecular weight excluding hydrogens is 450 g/mol. The van der Waals surface area contributed by atoms with Crippen molar-refractivity contribution < 1.29 is 22.3 Å². The molecule has 0 atom stereocenters. The molecule has 1 aromatic heterocycles. The Hall–Kier alpha value is -2.91. The molecule has 0 unspecified atom stereocenters. The number of pyridine rings is 1. The van der Waals surface area contributed by atoms with Gasteiger partial charge in [-0.3, -0.25) is 14.6 Å². The fraction of sp³-hybridized carbons (Fsp3) is 0.400. The minimum absolute atomic E-state index is 0.158. The van der Waals surface area contributed by atoms with E-state index in [0.717, 1.165) is 32.2 Å². The molecule has 0 bridgehead atoms. The van der Waals surface area contributed by atoms with Crippen LogP contribution in [0, 0.1) is 5.82 Å². The van der Waals surface area contributed by atoms with E-state index in [9.17, 15) is 22.4 Å². The highest BCUT2D eigenvalue weighted by Crippen LogP contribution is 2.34. The molecule has 182 valence electrons. The maximum Gasteiger partial charge on any atom is 0.573 e. The number of aryl methyl sites for hydroxylation is 1. The van der Waals surface area contributed by atoms with Crippen LogP contribution in [0.5, 0.6) is 5.75 Å². The normalized spacial score (nSPS) is 15.9. The lowest BCUT2D eigenvalue weighted by atomic mass is 9.98. The van der Waals surface area contributed by atoms with Crippen LogP contribution >= 0.6 is 0 Å². The standard InChI is InChI=1S/C25H27F4N3O2/c1-16(2)32-10-8-31(9-11-32)14-18-5-4-17(12-23(18)34-25(27,28)29)22-15-30(3)24(33)21-13-19(26)6-7-20(21)22/h4-7,12-13,15-16H,8-11,14H2,1-3H3. The Balaban J connectivity index is 1.72. The minimum atomic E-state index is -4.85. The molecule has 0 radical (unpaired) electrons. The molecule has 0 spiro atoms. The van der Waals surface area contributed by atoms with Gasteiger partial charge < -0.3 is 9.30 Å². The van der Waals surface area contributed by atoms with Gasteiger partial charge >= 0.3 is 6.36 Å². The van der Waals surface area contributed by atoms with Gasteiger partial charge in [-0.05, 0) is 43.0 Å². The van der Waals surface area contributed by atoms with Crippen LogP contribution in [0.4, 0.5) is 17.6 Å². The molecule has 4 rings (SSSR count). The summed E-state index contributed by atoms with van der Waals surface area (Å²) in [6.45, 7) is 7.79. The molecule has 1 aliphatic rings. The first-order valence-electron chi connectivity index (χ1n) is 11.2. The van der Waals surface area contributed by atoms with Gasteiger partial charge in [-0.2, -0.15) is 0 Å². The van der Waals surface area contributed by atoms with Gasteiger partial charge in [0.1, 0.15) is 11.6 Å². The van der Waals surface area contributed by atoms with Crippen LogP contribution in [0.1, 0.15) is 19.4 Å². The lowest BCUT2D eigenvalue weighted by Gasteiger charge is -2.37. The molecule has 0 N–H and O–H groups in total. The summed E-state index contributed by atoms with van der Waals surface area (Å²) in [5.74, 6) is -0.837. The Kier molecular flexibility index (Phi) is 6.69. The third kappa shape index (κ3) is 5.26. The van der Waals surface area contributed by atoms with E-state index >= 15 is 0 Å². The number of rotatable bonds is 5. The van der Waals surface area contributed by atoms with Gasteiger partial charge in [-0.15, -0.1) is 13.2 Å². The maximum atomic E-state index is 13.8. The topological polar surface area (TPSA) is 37.7 Å². The number of hydrogen-bond donors (Lipinski definition) is 0. The summed E-state index contributed by atoms with van der Waals surface area (Å²) < 4.78 is 59.3. The number of nitrogens with zero attached hydrogens (tertiary/aromatic N) is 3. The van der Waals surface area contributed by atoms with Gasteiger partial charge in [0, 0.05) is 63.1 Å². The van der Waals surface area contributed by atoms with Crippen molar-refractivity contribution in [1.29, 1.82) is 0 Å². The van der Waals surface area contributed by atoms with Crippen molar-refractivity contribution >= 4 is 10.8 Å². The van der Waals surface area contributed by atoms with E-state index in [4.69, 9.17) is 0 Å². The van der Waals surface area contributed by atoms with Crippen LogP contribution in [0.25, 0.3) is 21.9 Å². The summed E-state index contributed by atoms with van der Waals surface area (Å²) in [6.07, 6.45) is -3.31. The molecule has 0 saturated carbocycles. The summed E-state index contributed by atoms with van der Waals surface area (Å²) in [4.78, 5) is 16.9. The Morgan fingerprint density at radius 2 is 1.71 bits per heavy atom. The molecule has 0 amide bonds. The average Bonchev–Trinajstić information content (AvgIpc) is 2.77. The lowest BCUT2D eigenvalue weighted by molar-refractivity contribution is -0.275. The first-order valence-corrected chi connectivity index (χ1v) is 11.2. The number of piperazine rings is 1. The number of aromatic nitrogens is 1. The van der Waals surface area contributed by atoms with Crippen LogP contribution in [0.3, 0.4) is 0 Å². The van der Waals surface area contributed by atoms with E-state index in [1.165, 1.54) is 29.8 Å². The first-order chi connectivity index (χ1) is 16.0. The molecular formula is C25H27F4N3O2. The van der Waals surface area contributed by atoms with Gasteiger partial charge in [0.15, 0.2) is 0 Å². The van der Waals surface area contributed by atoms with E-state index in [1.807, 2.05) is 0 Å². The molecule has 0 aliphatic carbocycles. The molecule has 5 nitrogen and oxygen atoms in total. The maximum absolute atomic E-state index is 13.8. The van der Waals surface area contributed by atoms with E-state index in [1.54, 1.807) is 18.3 Å². The number of benzene rings is 2. The number of fused-ring (bicyclic) bond motifs is 1. The van der Waals surface area contributed by atoms with Crippen LogP contribution in [-0.2, 0) is 13.6 Å². The van der Waals surface area contributed by atoms with Crippen molar-refractivity contribution in [3.05, 3.63) is 64.3 Å². The molecule has 1 fully saturated rings. The monoisotopic (exact) mass is 477 g/mol. The summed E-state index contributed by atoms with van der Waals surface area (Å²) >= 11 is 0. The van der Waals surface area contributed by atoms with E-state index in [2.05, 4.69) is 28.4 Å². The van der Waals surface area contributed by atoms with Crippen molar-refractivity contribution in [3.8, 4) is 16.9 Å². The van der Waals surface area contributed by atoms with Gasteiger partial charge in [-0.1, -0.05) is 18.2 Å². The van der Waals surface area contributed by atoms with Gasteiger partial charge in [0.25, 0.3) is 5.56 Å². The molecule has 2 aromatic carbocycles. The van der Waals surface area contributed by atoms with Gasteiger partial charge in [0.2, 0.25) is 0 Å². The average molecular weight is 478 g/mol. The zero-order valence-corrected chi connectivity index (χ0v) is 19.3. The largest absolute Gasteiger partial charge is 0.573 e. The van der Waals surface area contributed by atoms with Crippen molar-refractivity contribution in [2.75, 3.05) is 26.2 Å². The number of halogens is 4. The molecule has 1 saturated heterocycles. The van der Waals surface area contributed by atoms with Crippen molar-refractivity contribution in [2.24, 2.45) is 7.05 Å². The third-order valence-electron chi connectivity index (χ3n) is 6.28. The quantitative estimate of drug-likeness (QED) is 0.497. The summed E-state index contributed by atoms with van der Waals surface area (Å²) in [7, 11) is 1.52. The Morgan fingerprint density at radius 1 is 1.00 bits per heavy atom. The molecule has 34 heavy (non-hydrogen) atoms. The zero-order valence-electron chi connectivity index (χ0n) is 19.3. The second-order valence-corrected chi connectivity index (χ2v) is 8.92. The highest BCUT2D eigenvalue weighted by atomic mass is 19.4. The predicted octanol–water partition coefficient (Wildman–Crippen LogP) is 4.77. The fourth-order valence-electron chi connectivity index (χ4n) is 4.42. The van der Waals surface area contributed by atoms with Gasteiger partial charge in [0.05, 0.1) is 5.39 Å². The number of ether oxygens (including phenoxy) is 1. The van der Waals surface area contributed by atoms with Crippen molar-refractivity contribution in [1.82, 2.24) is 14.4 Å². The number of hydrogen-bond acceptors (Lipinski definition) is 4. The van der Waals surface area contributed by atoms with Crippen LogP contribution in [-0.4, -0.2) is 53.0 Å². The summed E-state index contributed by atoms with van der Waals surface area (Å²) in [6, 6.07) is 8.94. The molecule has 9 heteroatoms. The SMILES string of the molecule is CC(C)N1CCN(Cc2ccc(-c3cn(C)c(=O)c4cc(F)ccc34)cc2OC(F)(F)F)CC1. The smallest absolute Gasteiger partial charge is 0.405 e. The summed E-state index contributed by atoms with van der Waals surface area (Å²) in [5.41, 5.74) is 1.00. The second kappa shape index (κ2) is 9.38. The highest BCUT2D eigenvalue weighted by Gasteiger charge is 2.33. The Morgan fingerprint density at radius 3 is 2.35 bits per heavy atom. The molecule has 2 heterocycles. The highest BCUT2D eigenvalue weighted by molar-refractivity contribution is 5.96. The van der Waals surface area contributed by atoms with Crippen LogP contribution < -0.4 is 10.3 Å². The van der Waals surface area contributed by atoms with Crippen LogP contribution in [0.15, 0.2) is 47.4 Å². The molecule has 3 aromatic rings. The fourth-order valence-corrected chi connectivity index (χ4v) is 4.42. The Bertz CT molecular complexity index is 1250. The first kappa shape index (κ1) is 24.2. The van der Waals surface area contributed by atoms with E-state index in [-0.39, 0.29) is 16.7 Å². The van der Waals surface area contributed by atoms with E-state index in [0.29, 0.717) is 34.7 Å².